The van der Waals surface area contributed by atoms with Gasteiger partial charge in [-0.1, -0.05) is 43.7 Å². The zero-order valence-electron chi connectivity index (χ0n) is 10.3. The number of benzene rings is 1. The summed E-state index contributed by atoms with van der Waals surface area (Å²) in [6, 6.07) is 9.77. The van der Waals surface area contributed by atoms with Crippen LogP contribution in [0.2, 0.25) is 0 Å². The van der Waals surface area contributed by atoms with Gasteiger partial charge in [0.15, 0.2) is 5.60 Å². The Morgan fingerprint density at radius 3 is 2.76 bits per heavy atom. The van der Waals surface area contributed by atoms with Gasteiger partial charge in [0.25, 0.3) is 0 Å². The number of unbranched alkanes of at least 4 members (excludes halogenated alkanes) is 1. The molecule has 0 saturated carbocycles. The lowest BCUT2D eigenvalue weighted by Crippen LogP contribution is -2.24. The zero-order chi connectivity index (χ0) is 12.3. The Morgan fingerprint density at radius 1 is 1.41 bits per heavy atom. The van der Waals surface area contributed by atoms with Crippen molar-refractivity contribution < 1.29 is 14.3 Å². The average molecular weight is 234 g/mol. The number of carbonyl (C=O) groups excluding carboxylic acids is 1. The maximum absolute atomic E-state index is 11.8. The van der Waals surface area contributed by atoms with Crippen molar-refractivity contribution in [2.45, 2.75) is 38.4 Å². The molecule has 0 aromatic heterocycles. The number of hydrogen-bond donors (Lipinski definition) is 0. The molecule has 1 aromatic carbocycles. The van der Waals surface area contributed by atoms with Crippen LogP contribution in [0.15, 0.2) is 30.3 Å². The van der Waals surface area contributed by atoms with Crippen LogP contribution in [0.4, 0.5) is 0 Å². The third kappa shape index (κ3) is 2.50. The summed E-state index contributed by atoms with van der Waals surface area (Å²) in [5, 5.41) is 0. The van der Waals surface area contributed by atoms with Gasteiger partial charge in [-0.3, -0.25) is 0 Å². The van der Waals surface area contributed by atoms with Crippen LogP contribution in [0.3, 0.4) is 0 Å². The maximum Gasteiger partial charge on any atom is 0.341 e. The monoisotopic (exact) mass is 234 g/mol. The molecule has 1 fully saturated rings. The third-order valence-electron chi connectivity index (χ3n) is 3.04. The molecule has 3 heteroatoms. The highest BCUT2D eigenvalue weighted by atomic mass is 16.7. The van der Waals surface area contributed by atoms with Gasteiger partial charge in [-0.25, -0.2) is 4.79 Å². The van der Waals surface area contributed by atoms with Crippen LogP contribution in [0.5, 0.6) is 0 Å². The van der Waals surface area contributed by atoms with Crippen LogP contribution in [0, 0.1) is 0 Å². The third-order valence-corrected chi connectivity index (χ3v) is 3.04. The minimum atomic E-state index is -0.783. The standard InChI is InChI=1S/C14H18O3/c1-3-4-10-16-13(15)14(2)12(17-14)11-8-6-5-7-9-11/h5-9,12H,3-4,10H2,1-2H3/t12-,14+/m0/s1. The number of hydrogen-bond acceptors (Lipinski definition) is 3. The quantitative estimate of drug-likeness (QED) is 0.446. The second-order valence-electron chi connectivity index (χ2n) is 4.51. The molecule has 92 valence electrons. The molecule has 1 heterocycles. The van der Waals surface area contributed by atoms with Crippen molar-refractivity contribution in [3.8, 4) is 0 Å². The fourth-order valence-corrected chi connectivity index (χ4v) is 1.83. The zero-order valence-corrected chi connectivity index (χ0v) is 10.3. The molecule has 17 heavy (non-hydrogen) atoms. The molecular weight excluding hydrogens is 216 g/mol. The second-order valence-corrected chi connectivity index (χ2v) is 4.51. The number of epoxide rings is 1. The lowest BCUT2D eigenvalue weighted by molar-refractivity contribution is -0.149. The van der Waals surface area contributed by atoms with Gasteiger partial charge in [0.05, 0.1) is 6.61 Å². The van der Waals surface area contributed by atoms with Gasteiger partial charge >= 0.3 is 5.97 Å². The first-order chi connectivity index (χ1) is 8.18. The van der Waals surface area contributed by atoms with Crippen LogP contribution in [0.25, 0.3) is 0 Å². The average Bonchev–Trinajstić information content (AvgIpc) is 3.05. The summed E-state index contributed by atoms with van der Waals surface area (Å²) in [6.07, 6.45) is 1.77. The summed E-state index contributed by atoms with van der Waals surface area (Å²) in [5.74, 6) is -0.250. The Hall–Kier alpha value is -1.35. The lowest BCUT2D eigenvalue weighted by atomic mass is 10.0. The van der Waals surface area contributed by atoms with Crippen LogP contribution in [-0.2, 0) is 14.3 Å². The first-order valence-corrected chi connectivity index (χ1v) is 6.08. The largest absolute Gasteiger partial charge is 0.463 e. The number of rotatable bonds is 5. The topological polar surface area (TPSA) is 38.8 Å². The Kier molecular flexibility index (Phi) is 3.48. The van der Waals surface area contributed by atoms with E-state index >= 15 is 0 Å². The van der Waals surface area contributed by atoms with E-state index in [2.05, 4.69) is 6.92 Å². The van der Waals surface area contributed by atoms with Crippen molar-refractivity contribution in [3.63, 3.8) is 0 Å². The van der Waals surface area contributed by atoms with Gasteiger partial charge < -0.3 is 9.47 Å². The Morgan fingerprint density at radius 2 is 2.12 bits per heavy atom. The minimum Gasteiger partial charge on any atom is -0.463 e. The highest BCUT2D eigenvalue weighted by Crippen LogP contribution is 2.49. The van der Waals surface area contributed by atoms with Crippen molar-refractivity contribution >= 4 is 5.97 Å². The van der Waals surface area contributed by atoms with E-state index in [-0.39, 0.29) is 12.1 Å². The van der Waals surface area contributed by atoms with E-state index in [4.69, 9.17) is 9.47 Å². The number of carbonyl (C=O) groups is 1. The fraction of sp³-hybridized carbons (Fsp3) is 0.500. The van der Waals surface area contributed by atoms with E-state index < -0.39 is 5.60 Å². The van der Waals surface area contributed by atoms with Gasteiger partial charge in [-0.05, 0) is 18.9 Å². The molecule has 0 bridgehead atoms. The van der Waals surface area contributed by atoms with E-state index in [9.17, 15) is 4.79 Å². The second kappa shape index (κ2) is 4.88. The van der Waals surface area contributed by atoms with Crippen LogP contribution < -0.4 is 0 Å². The van der Waals surface area contributed by atoms with Gasteiger partial charge in [-0.2, -0.15) is 0 Å². The molecule has 1 saturated heterocycles. The van der Waals surface area contributed by atoms with E-state index in [0.29, 0.717) is 6.61 Å². The molecule has 0 amide bonds. The Bertz CT molecular complexity index is 388. The van der Waals surface area contributed by atoms with Gasteiger partial charge in [0, 0.05) is 0 Å². The summed E-state index contributed by atoms with van der Waals surface area (Å²) in [4.78, 5) is 11.8. The molecule has 1 aliphatic rings. The molecule has 0 spiro atoms. The van der Waals surface area contributed by atoms with Crippen molar-refractivity contribution in [1.29, 1.82) is 0 Å². The number of esters is 1. The summed E-state index contributed by atoms with van der Waals surface area (Å²) in [5.41, 5.74) is 0.247. The Balaban J connectivity index is 1.93. The van der Waals surface area contributed by atoms with Gasteiger partial charge in [0.1, 0.15) is 6.10 Å². The molecular formula is C14H18O3. The predicted molar refractivity (Wildman–Crippen MR) is 64.5 cm³/mol. The highest BCUT2D eigenvalue weighted by Gasteiger charge is 2.60. The first-order valence-electron chi connectivity index (χ1n) is 6.08. The molecule has 0 unspecified atom stereocenters. The predicted octanol–water partition coefficient (Wildman–Crippen LogP) is 2.86. The summed E-state index contributed by atoms with van der Waals surface area (Å²) in [7, 11) is 0. The summed E-state index contributed by atoms with van der Waals surface area (Å²) >= 11 is 0. The van der Waals surface area contributed by atoms with E-state index in [1.807, 2.05) is 30.3 Å². The molecule has 3 nitrogen and oxygen atoms in total. The fourth-order valence-electron chi connectivity index (χ4n) is 1.83. The summed E-state index contributed by atoms with van der Waals surface area (Å²) in [6.45, 7) is 4.34. The first kappa shape index (κ1) is 12.1. The lowest BCUT2D eigenvalue weighted by Gasteiger charge is -2.07. The van der Waals surface area contributed by atoms with Crippen molar-refractivity contribution in [3.05, 3.63) is 35.9 Å². The minimum absolute atomic E-state index is 0.155. The number of ether oxygens (including phenoxy) is 2. The SMILES string of the molecule is CCCCOC(=O)[C@]1(C)O[C@H]1c1ccccc1. The highest BCUT2D eigenvalue weighted by molar-refractivity contribution is 5.83. The normalized spacial score (nSPS) is 26.6. The van der Waals surface area contributed by atoms with Crippen LogP contribution in [0.1, 0.15) is 38.4 Å². The van der Waals surface area contributed by atoms with Crippen LogP contribution >= 0.6 is 0 Å². The maximum atomic E-state index is 11.8. The van der Waals surface area contributed by atoms with E-state index in [1.165, 1.54) is 0 Å². The summed E-state index contributed by atoms with van der Waals surface area (Å²) < 4.78 is 10.7. The van der Waals surface area contributed by atoms with E-state index in [0.717, 1.165) is 18.4 Å². The molecule has 2 atom stereocenters. The van der Waals surface area contributed by atoms with Crippen LogP contribution in [-0.4, -0.2) is 18.2 Å². The van der Waals surface area contributed by atoms with Crippen molar-refractivity contribution in [1.82, 2.24) is 0 Å². The molecule has 0 N–H and O–H groups in total. The van der Waals surface area contributed by atoms with Gasteiger partial charge in [-0.15, -0.1) is 0 Å². The Labute approximate surface area is 102 Å². The van der Waals surface area contributed by atoms with Crippen molar-refractivity contribution in [2.75, 3.05) is 6.61 Å². The molecule has 0 aliphatic carbocycles. The molecule has 1 aromatic rings. The molecule has 2 rings (SSSR count). The smallest absolute Gasteiger partial charge is 0.341 e. The van der Waals surface area contributed by atoms with Crippen molar-refractivity contribution in [2.24, 2.45) is 0 Å². The van der Waals surface area contributed by atoms with Gasteiger partial charge in [0.2, 0.25) is 0 Å². The molecule has 0 radical (unpaired) electrons. The van der Waals surface area contributed by atoms with E-state index in [1.54, 1.807) is 6.92 Å². The molecule has 1 aliphatic heterocycles.